The molecule has 1 heterocycles. The normalized spacial score (nSPS) is 16.7. The zero-order valence-corrected chi connectivity index (χ0v) is 10.6. The molecule has 0 unspecified atom stereocenters. The van der Waals surface area contributed by atoms with E-state index >= 15 is 0 Å². The Morgan fingerprint density at radius 2 is 1.94 bits per heavy atom. The Morgan fingerprint density at radius 1 is 1.22 bits per heavy atom. The molecule has 96 valence electrons. The van der Waals surface area contributed by atoms with E-state index in [4.69, 9.17) is 0 Å². The Morgan fingerprint density at radius 3 is 2.61 bits per heavy atom. The summed E-state index contributed by atoms with van der Waals surface area (Å²) in [5.74, 6) is 0.225. The van der Waals surface area contributed by atoms with Gasteiger partial charge in [0.25, 0.3) is 0 Å². The fraction of sp³-hybridized carbons (Fsp3) is 0.429. The molecule has 4 heteroatoms. The minimum Gasteiger partial charge on any atom is -0.370 e. The van der Waals surface area contributed by atoms with Crippen LogP contribution in [0, 0.1) is 0 Å². The summed E-state index contributed by atoms with van der Waals surface area (Å²) in [5, 5.41) is 2.88. The maximum atomic E-state index is 11.2. The molecule has 18 heavy (non-hydrogen) atoms. The number of nitrogens with zero attached hydrogens (tertiary/aromatic N) is 1. The highest BCUT2D eigenvalue weighted by Crippen LogP contribution is 2.16. The van der Waals surface area contributed by atoms with Crippen LogP contribution in [0.15, 0.2) is 24.3 Å². The molecule has 0 radical (unpaired) electrons. The molecule has 1 fully saturated rings. The molecule has 0 spiro atoms. The highest BCUT2D eigenvalue weighted by atomic mass is 16.1. The van der Waals surface area contributed by atoms with Gasteiger partial charge in [0.2, 0.25) is 5.91 Å². The van der Waals surface area contributed by atoms with Gasteiger partial charge in [0.05, 0.1) is 0 Å². The minimum atomic E-state index is 0.0847. The summed E-state index contributed by atoms with van der Waals surface area (Å²) in [6.07, 6.45) is 1.45. The van der Waals surface area contributed by atoms with E-state index in [-0.39, 0.29) is 11.7 Å². The van der Waals surface area contributed by atoms with Crippen molar-refractivity contribution in [1.82, 2.24) is 5.32 Å². The zero-order valence-electron chi connectivity index (χ0n) is 10.6. The van der Waals surface area contributed by atoms with E-state index in [0.29, 0.717) is 13.0 Å². The number of carbonyl (C=O) groups is 2. The quantitative estimate of drug-likeness (QED) is 0.806. The van der Waals surface area contributed by atoms with Crippen molar-refractivity contribution in [3.05, 3.63) is 29.8 Å². The van der Waals surface area contributed by atoms with Gasteiger partial charge in [-0.25, -0.2) is 0 Å². The summed E-state index contributed by atoms with van der Waals surface area (Å²) < 4.78 is 0. The first-order chi connectivity index (χ1) is 8.66. The van der Waals surface area contributed by atoms with Crippen molar-refractivity contribution in [1.29, 1.82) is 0 Å². The summed E-state index contributed by atoms with van der Waals surface area (Å²) in [6, 6.07) is 7.66. The predicted molar refractivity (Wildman–Crippen MR) is 70.9 cm³/mol. The van der Waals surface area contributed by atoms with Gasteiger partial charge < -0.3 is 10.2 Å². The molecule has 1 aliphatic rings. The number of rotatable bonds is 2. The molecule has 0 saturated carbocycles. The number of ketones is 1. The van der Waals surface area contributed by atoms with Crippen LogP contribution >= 0.6 is 0 Å². The molecule has 1 saturated heterocycles. The number of nitrogens with one attached hydrogen (secondary N) is 1. The highest BCUT2D eigenvalue weighted by Gasteiger charge is 2.12. The standard InChI is InChI=1S/C14H18N2O2/c1-11(17)12-4-6-13(7-5-12)16-9-2-3-14(18)15-8-10-16/h4-7H,2-3,8-10H2,1H3,(H,15,18). The van der Waals surface area contributed by atoms with Crippen molar-refractivity contribution >= 4 is 17.4 Å². The Kier molecular flexibility index (Phi) is 3.97. The molecule has 1 amide bonds. The lowest BCUT2D eigenvalue weighted by Gasteiger charge is -2.27. The summed E-state index contributed by atoms with van der Waals surface area (Å²) in [6.45, 7) is 3.94. The third-order valence-electron chi connectivity index (χ3n) is 3.17. The number of benzene rings is 1. The van der Waals surface area contributed by atoms with Gasteiger partial charge in [-0.1, -0.05) is 0 Å². The first-order valence-corrected chi connectivity index (χ1v) is 6.29. The van der Waals surface area contributed by atoms with Crippen LogP contribution in [0.4, 0.5) is 5.69 Å². The molecular formula is C14H18N2O2. The molecule has 0 bridgehead atoms. The summed E-state index contributed by atoms with van der Waals surface area (Å²) in [4.78, 5) is 24.7. The van der Waals surface area contributed by atoms with Gasteiger partial charge in [0.1, 0.15) is 0 Å². The van der Waals surface area contributed by atoms with Gasteiger partial charge in [-0.15, -0.1) is 0 Å². The van der Waals surface area contributed by atoms with Crippen molar-refractivity contribution in [2.75, 3.05) is 24.5 Å². The molecule has 0 aromatic heterocycles. The molecule has 1 aromatic rings. The summed E-state index contributed by atoms with van der Waals surface area (Å²) in [5.41, 5.74) is 1.84. The van der Waals surface area contributed by atoms with Gasteiger partial charge >= 0.3 is 0 Å². The number of amides is 1. The largest absolute Gasteiger partial charge is 0.370 e. The Hall–Kier alpha value is -1.84. The first-order valence-electron chi connectivity index (χ1n) is 6.29. The highest BCUT2D eigenvalue weighted by molar-refractivity contribution is 5.94. The van der Waals surface area contributed by atoms with Crippen LogP contribution in [-0.4, -0.2) is 31.3 Å². The number of carbonyl (C=O) groups excluding carboxylic acids is 2. The first kappa shape index (κ1) is 12.6. The average molecular weight is 246 g/mol. The molecular weight excluding hydrogens is 228 g/mol. The van der Waals surface area contributed by atoms with Crippen LogP contribution in [0.1, 0.15) is 30.1 Å². The van der Waals surface area contributed by atoms with Crippen molar-refractivity contribution in [3.63, 3.8) is 0 Å². The van der Waals surface area contributed by atoms with Crippen molar-refractivity contribution in [2.24, 2.45) is 0 Å². The lowest BCUT2D eigenvalue weighted by molar-refractivity contribution is -0.121. The van der Waals surface area contributed by atoms with Crippen LogP contribution < -0.4 is 10.2 Å². The maximum absolute atomic E-state index is 11.2. The van der Waals surface area contributed by atoms with Crippen LogP contribution in [0.25, 0.3) is 0 Å². The number of hydrogen-bond donors (Lipinski definition) is 1. The molecule has 1 N–H and O–H groups in total. The third kappa shape index (κ3) is 3.09. The van der Waals surface area contributed by atoms with Crippen molar-refractivity contribution < 1.29 is 9.59 Å². The average Bonchev–Trinajstić information content (AvgIpc) is 2.34. The monoisotopic (exact) mass is 246 g/mol. The van der Waals surface area contributed by atoms with Crippen LogP contribution in [0.5, 0.6) is 0 Å². The van der Waals surface area contributed by atoms with Crippen LogP contribution in [0.2, 0.25) is 0 Å². The van der Waals surface area contributed by atoms with E-state index in [9.17, 15) is 9.59 Å². The number of Topliss-reactive ketones (excluding diaryl/α,β-unsaturated/α-hetero) is 1. The van der Waals surface area contributed by atoms with E-state index in [1.165, 1.54) is 0 Å². The van der Waals surface area contributed by atoms with E-state index in [1.54, 1.807) is 6.92 Å². The van der Waals surface area contributed by atoms with E-state index in [0.717, 1.165) is 30.8 Å². The second-order valence-corrected chi connectivity index (χ2v) is 4.54. The molecule has 0 atom stereocenters. The number of anilines is 1. The molecule has 4 nitrogen and oxygen atoms in total. The fourth-order valence-corrected chi connectivity index (χ4v) is 2.13. The van der Waals surface area contributed by atoms with Crippen molar-refractivity contribution in [3.8, 4) is 0 Å². The topological polar surface area (TPSA) is 49.4 Å². The predicted octanol–water partition coefficient (Wildman–Crippen LogP) is 1.61. The Bertz CT molecular complexity index is 428. The van der Waals surface area contributed by atoms with Gasteiger partial charge in [0, 0.05) is 37.3 Å². The van der Waals surface area contributed by atoms with Gasteiger partial charge in [-0.2, -0.15) is 0 Å². The Labute approximate surface area is 107 Å². The molecule has 2 rings (SSSR count). The van der Waals surface area contributed by atoms with Crippen LogP contribution in [-0.2, 0) is 4.79 Å². The van der Waals surface area contributed by atoms with E-state index < -0.39 is 0 Å². The van der Waals surface area contributed by atoms with E-state index in [2.05, 4.69) is 10.2 Å². The fourth-order valence-electron chi connectivity index (χ4n) is 2.13. The smallest absolute Gasteiger partial charge is 0.220 e. The Balaban J connectivity index is 2.05. The lowest BCUT2D eigenvalue weighted by atomic mass is 10.1. The van der Waals surface area contributed by atoms with Gasteiger partial charge in [0.15, 0.2) is 5.78 Å². The third-order valence-corrected chi connectivity index (χ3v) is 3.17. The zero-order chi connectivity index (χ0) is 13.0. The van der Waals surface area contributed by atoms with Gasteiger partial charge in [-0.3, -0.25) is 9.59 Å². The SMILES string of the molecule is CC(=O)c1ccc(N2CCCC(=O)NCC2)cc1. The molecule has 1 aliphatic heterocycles. The van der Waals surface area contributed by atoms with E-state index in [1.807, 2.05) is 24.3 Å². The molecule has 0 aliphatic carbocycles. The van der Waals surface area contributed by atoms with Crippen molar-refractivity contribution in [2.45, 2.75) is 19.8 Å². The maximum Gasteiger partial charge on any atom is 0.220 e. The van der Waals surface area contributed by atoms with Crippen LogP contribution in [0.3, 0.4) is 0 Å². The number of hydrogen-bond acceptors (Lipinski definition) is 3. The summed E-state index contributed by atoms with van der Waals surface area (Å²) in [7, 11) is 0. The molecule has 1 aromatic carbocycles. The minimum absolute atomic E-state index is 0.0847. The second-order valence-electron chi connectivity index (χ2n) is 4.54. The second kappa shape index (κ2) is 5.67. The summed E-state index contributed by atoms with van der Waals surface area (Å²) >= 11 is 0. The van der Waals surface area contributed by atoms with Gasteiger partial charge in [-0.05, 0) is 37.6 Å². The lowest BCUT2D eigenvalue weighted by Crippen LogP contribution is -2.38.